The molecule has 0 heterocycles. The van der Waals surface area contributed by atoms with Gasteiger partial charge in [0.25, 0.3) is 0 Å². The first-order chi connectivity index (χ1) is 12.0. The average Bonchev–Trinajstić information content (AvgIpc) is 2.47. The van der Waals surface area contributed by atoms with Gasteiger partial charge in [-0.2, -0.15) is 0 Å². The summed E-state index contributed by atoms with van der Waals surface area (Å²) in [6.45, 7) is 25.7. The van der Waals surface area contributed by atoms with Crippen LogP contribution in [0.4, 0.5) is 0 Å². The number of nitrogens with one attached hydrogen (secondary N) is 2. The summed E-state index contributed by atoms with van der Waals surface area (Å²) in [4.78, 5) is 12.4. The molecule has 0 spiro atoms. The number of amides is 1. The molecule has 0 rings (SSSR count). The zero-order valence-corrected chi connectivity index (χ0v) is 20.4. The highest BCUT2D eigenvalue weighted by Gasteiger charge is 2.27. The zero-order valence-electron chi connectivity index (χ0n) is 20.4. The number of rotatable bonds is 12. The molecule has 0 unspecified atom stereocenters. The zero-order chi connectivity index (χ0) is 21.5. The van der Waals surface area contributed by atoms with E-state index in [1.807, 2.05) is 0 Å². The van der Waals surface area contributed by atoms with Crippen molar-refractivity contribution in [2.75, 3.05) is 6.54 Å². The van der Waals surface area contributed by atoms with Gasteiger partial charge in [0, 0.05) is 17.5 Å². The third-order valence-corrected chi connectivity index (χ3v) is 6.15. The summed E-state index contributed by atoms with van der Waals surface area (Å²) in [5, 5.41) is 6.85. The fourth-order valence-corrected chi connectivity index (χ4v) is 3.03. The SMILES string of the molecule is CC(C)C(C)(C)CCC(=O)NC(C)(C)CCC(C)(C)CCCNC(C)(C)C. The van der Waals surface area contributed by atoms with Gasteiger partial charge in [-0.25, -0.2) is 0 Å². The Bertz CT molecular complexity index is 442. The summed E-state index contributed by atoms with van der Waals surface area (Å²) < 4.78 is 0. The molecule has 0 saturated carbocycles. The van der Waals surface area contributed by atoms with Crippen molar-refractivity contribution in [3.63, 3.8) is 0 Å². The molecule has 162 valence electrons. The second-order valence-electron chi connectivity index (χ2n) is 12.0. The highest BCUT2D eigenvalue weighted by molar-refractivity contribution is 5.76. The normalized spacial score (nSPS) is 13.9. The maximum Gasteiger partial charge on any atom is 0.220 e. The van der Waals surface area contributed by atoms with Gasteiger partial charge >= 0.3 is 0 Å². The van der Waals surface area contributed by atoms with Gasteiger partial charge in [0.2, 0.25) is 5.91 Å². The van der Waals surface area contributed by atoms with Crippen molar-refractivity contribution in [2.24, 2.45) is 16.7 Å². The van der Waals surface area contributed by atoms with E-state index in [2.05, 4.69) is 86.8 Å². The molecule has 0 radical (unpaired) electrons. The van der Waals surface area contributed by atoms with E-state index in [1.165, 1.54) is 12.8 Å². The van der Waals surface area contributed by atoms with Crippen molar-refractivity contribution >= 4 is 5.91 Å². The lowest BCUT2D eigenvalue weighted by Gasteiger charge is -2.33. The molecule has 0 aromatic rings. The van der Waals surface area contributed by atoms with E-state index >= 15 is 0 Å². The lowest BCUT2D eigenvalue weighted by Crippen LogP contribution is -2.44. The molecule has 2 N–H and O–H groups in total. The lowest BCUT2D eigenvalue weighted by atomic mass is 9.77. The largest absolute Gasteiger partial charge is 0.351 e. The van der Waals surface area contributed by atoms with Gasteiger partial charge in [-0.3, -0.25) is 4.79 Å². The number of carbonyl (C=O) groups is 1. The van der Waals surface area contributed by atoms with Gasteiger partial charge in [0.05, 0.1) is 0 Å². The van der Waals surface area contributed by atoms with E-state index in [0.717, 1.165) is 25.8 Å². The second-order valence-corrected chi connectivity index (χ2v) is 12.0. The molecule has 0 aliphatic carbocycles. The minimum absolute atomic E-state index is 0.139. The van der Waals surface area contributed by atoms with Crippen molar-refractivity contribution < 1.29 is 4.79 Å². The summed E-state index contributed by atoms with van der Waals surface area (Å²) in [5.41, 5.74) is 0.576. The molecular weight excluding hydrogens is 332 g/mol. The van der Waals surface area contributed by atoms with E-state index < -0.39 is 0 Å². The van der Waals surface area contributed by atoms with Crippen LogP contribution in [-0.2, 0) is 4.79 Å². The van der Waals surface area contributed by atoms with Gasteiger partial charge in [-0.15, -0.1) is 0 Å². The molecule has 3 heteroatoms. The molecule has 0 aromatic heterocycles. The average molecular weight is 383 g/mol. The van der Waals surface area contributed by atoms with Crippen LogP contribution in [0.5, 0.6) is 0 Å². The van der Waals surface area contributed by atoms with Crippen LogP contribution in [0.15, 0.2) is 0 Å². The topological polar surface area (TPSA) is 41.1 Å². The van der Waals surface area contributed by atoms with E-state index in [-0.39, 0.29) is 22.4 Å². The Labute approximate surface area is 170 Å². The lowest BCUT2D eigenvalue weighted by molar-refractivity contribution is -0.123. The van der Waals surface area contributed by atoms with Crippen LogP contribution in [0.2, 0.25) is 0 Å². The maximum atomic E-state index is 12.4. The molecule has 3 nitrogen and oxygen atoms in total. The predicted molar refractivity (Wildman–Crippen MR) is 120 cm³/mol. The Hall–Kier alpha value is -0.570. The Morgan fingerprint density at radius 3 is 1.85 bits per heavy atom. The molecule has 1 amide bonds. The summed E-state index contributed by atoms with van der Waals surface area (Å²) >= 11 is 0. The maximum absolute atomic E-state index is 12.4. The Morgan fingerprint density at radius 2 is 1.37 bits per heavy atom. The summed E-state index contributed by atoms with van der Waals surface area (Å²) in [5.74, 6) is 0.785. The van der Waals surface area contributed by atoms with Crippen LogP contribution in [0, 0.1) is 16.7 Å². The fraction of sp³-hybridized carbons (Fsp3) is 0.958. The van der Waals surface area contributed by atoms with Crippen molar-refractivity contribution in [3.05, 3.63) is 0 Å². The van der Waals surface area contributed by atoms with Crippen LogP contribution >= 0.6 is 0 Å². The van der Waals surface area contributed by atoms with Crippen LogP contribution in [0.3, 0.4) is 0 Å². The van der Waals surface area contributed by atoms with Crippen LogP contribution in [-0.4, -0.2) is 23.5 Å². The first-order valence-electron chi connectivity index (χ1n) is 11.0. The quantitative estimate of drug-likeness (QED) is 0.388. The summed E-state index contributed by atoms with van der Waals surface area (Å²) in [6, 6.07) is 0. The van der Waals surface area contributed by atoms with Gasteiger partial charge in [0.1, 0.15) is 0 Å². The standard InChI is InChI=1S/C24H50N2O/c1-19(2)23(8,9)15-13-20(27)26-24(10,11)17-16-22(6,7)14-12-18-25-21(3,4)5/h19,25H,12-18H2,1-11H3,(H,26,27). The first-order valence-corrected chi connectivity index (χ1v) is 11.0. The molecule has 0 fully saturated rings. The molecule has 0 aromatic carbocycles. The summed E-state index contributed by atoms with van der Waals surface area (Å²) in [7, 11) is 0. The molecular formula is C24H50N2O. The molecule has 0 bridgehead atoms. The Kier molecular flexibility index (Phi) is 10.1. The minimum Gasteiger partial charge on any atom is -0.351 e. The van der Waals surface area contributed by atoms with Gasteiger partial charge < -0.3 is 10.6 Å². The van der Waals surface area contributed by atoms with Gasteiger partial charge in [-0.05, 0) is 90.0 Å². The van der Waals surface area contributed by atoms with E-state index in [4.69, 9.17) is 0 Å². The minimum atomic E-state index is -0.139. The van der Waals surface area contributed by atoms with E-state index in [0.29, 0.717) is 17.8 Å². The number of hydrogen-bond donors (Lipinski definition) is 2. The van der Waals surface area contributed by atoms with Crippen molar-refractivity contribution in [3.8, 4) is 0 Å². The van der Waals surface area contributed by atoms with E-state index in [1.54, 1.807) is 0 Å². The highest BCUT2D eigenvalue weighted by Crippen LogP contribution is 2.32. The van der Waals surface area contributed by atoms with Crippen LogP contribution in [0.1, 0.15) is 115 Å². The fourth-order valence-electron chi connectivity index (χ4n) is 3.03. The van der Waals surface area contributed by atoms with Crippen molar-refractivity contribution in [1.29, 1.82) is 0 Å². The molecule has 0 aliphatic heterocycles. The second kappa shape index (κ2) is 10.3. The molecule has 0 saturated heterocycles. The Balaban J connectivity index is 4.31. The van der Waals surface area contributed by atoms with Crippen LogP contribution < -0.4 is 10.6 Å². The molecule has 0 atom stereocenters. The Morgan fingerprint density at radius 1 is 0.815 bits per heavy atom. The number of hydrogen-bond acceptors (Lipinski definition) is 2. The first kappa shape index (κ1) is 26.4. The monoisotopic (exact) mass is 382 g/mol. The summed E-state index contributed by atoms with van der Waals surface area (Å²) in [6.07, 6.45) is 6.12. The highest BCUT2D eigenvalue weighted by atomic mass is 16.1. The molecule has 27 heavy (non-hydrogen) atoms. The predicted octanol–water partition coefficient (Wildman–Crippen LogP) is 6.32. The van der Waals surface area contributed by atoms with Crippen molar-refractivity contribution in [1.82, 2.24) is 10.6 Å². The van der Waals surface area contributed by atoms with E-state index in [9.17, 15) is 4.79 Å². The third kappa shape index (κ3) is 13.3. The molecule has 0 aliphatic rings. The third-order valence-electron chi connectivity index (χ3n) is 6.15. The van der Waals surface area contributed by atoms with Crippen LogP contribution in [0.25, 0.3) is 0 Å². The smallest absolute Gasteiger partial charge is 0.220 e. The number of carbonyl (C=O) groups excluding carboxylic acids is 1. The van der Waals surface area contributed by atoms with Crippen molar-refractivity contribution in [2.45, 2.75) is 126 Å². The van der Waals surface area contributed by atoms with Gasteiger partial charge in [-0.1, -0.05) is 41.5 Å². The van der Waals surface area contributed by atoms with Gasteiger partial charge in [0.15, 0.2) is 0 Å².